The van der Waals surface area contributed by atoms with E-state index in [0.29, 0.717) is 26.3 Å². The fourth-order valence-corrected chi connectivity index (χ4v) is 4.31. The highest BCUT2D eigenvalue weighted by atomic mass is 28.4. The molecule has 0 radical (unpaired) electrons. The van der Waals surface area contributed by atoms with Crippen molar-refractivity contribution >= 4 is 20.0 Å². The zero-order chi connectivity index (χ0) is 23.4. The molecule has 8 nitrogen and oxygen atoms in total. The molecule has 1 aromatic heterocycles. The van der Waals surface area contributed by atoms with Gasteiger partial charge >= 0.3 is 6.03 Å². The van der Waals surface area contributed by atoms with E-state index in [1.165, 1.54) is 0 Å². The molecule has 1 fully saturated rings. The van der Waals surface area contributed by atoms with Crippen LogP contribution in [0, 0.1) is 0 Å². The molecular weight excluding hydrogens is 424 g/mol. The van der Waals surface area contributed by atoms with Gasteiger partial charge in [0.2, 0.25) is 0 Å². The second kappa shape index (κ2) is 10.2. The molecule has 0 bridgehead atoms. The fraction of sp³-hybridized carbons (Fsp3) is 0.565. The fourth-order valence-electron chi connectivity index (χ4n) is 3.27. The van der Waals surface area contributed by atoms with Gasteiger partial charge in [0.15, 0.2) is 14.6 Å². The van der Waals surface area contributed by atoms with E-state index in [-0.39, 0.29) is 17.1 Å². The number of urea groups is 1. The monoisotopic (exact) mass is 460 g/mol. The van der Waals surface area contributed by atoms with Gasteiger partial charge in [-0.25, -0.2) is 4.79 Å². The van der Waals surface area contributed by atoms with Crippen LogP contribution in [-0.2, 0) is 20.4 Å². The smallest absolute Gasteiger partial charge is 0.322 e. The normalized spacial score (nSPS) is 19.8. The Morgan fingerprint density at radius 3 is 2.66 bits per heavy atom. The first kappa shape index (κ1) is 24.4. The van der Waals surface area contributed by atoms with Crippen molar-refractivity contribution in [2.75, 3.05) is 32.2 Å². The van der Waals surface area contributed by atoms with Crippen LogP contribution in [0.4, 0.5) is 10.5 Å². The van der Waals surface area contributed by atoms with Gasteiger partial charge in [-0.3, -0.25) is 4.68 Å². The number of aromatic nitrogens is 2. The Morgan fingerprint density at radius 2 is 2.00 bits per heavy atom. The van der Waals surface area contributed by atoms with Crippen molar-refractivity contribution in [3.05, 3.63) is 48.3 Å². The van der Waals surface area contributed by atoms with Crippen LogP contribution in [0.5, 0.6) is 0 Å². The van der Waals surface area contributed by atoms with Gasteiger partial charge in [-0.05, 0) is 30.3 Å². The quantitative estimate of drug-likeness (QED) is 0.616. The third-order valence-corrected chi connectivity index (χ3v) is 10.9. The molecule has 3 rings (SSSR count). The number of carbonyl (C=O) groups is 1. The highest BCUT2D eigenvalue weighted by molar-refractivity contribution is 6.74. The van der Waals surface area contributed by atoms with Crippen LogP contribution < -0.4 is 5.32 Å². The Hall–Kier alpha value is -2.20. The number of nitrogens with one attached hydrogen (secondary N) is 1. The van der Waals surface area contributed by atoms with E-state index < -0.39 is 14.6 Å². The number of morpholine rings is 1. The Kier molecular flexibility index (Phi) is 7.76. The highest BCUT2D eigenvalue weighted by Gasteiger charge is 2.37. The SMILES string of the molecule is COC1CN(C(=O)Nc2ccccc2)C(c2cnn(CCO[Si](C)(C)C(C)(C)C)c2)CO1. The maximum absolute atomic E-state index is 13.1. The van der Waals surface area contributed by atoms with Gasteiger partial charge in [-0.1, -0.05) is 39.0 Å². The summed E-state index contributed by atoms with van der Waals surface area (Å²) >= 11 is 0. The minimum Gasteiger partial charge on any atom is -0.415 e. The molecule has 176 valence electrons. The van der Waals surface area contributed by atoms with Gasteiger partial charge in [0, 0.05) is 24.6 Å². The van der Waals surface area contributed by atoms with E-state index in [9.17, 15) is 4.79 Å². The van der Waals surface area contributed by atoms with Crippen LogP contribution in [0.25, 0.3) is 0 Å². The van der Waals surface area contributed by atoms with Crippen LogP contribution in [0.3, 0.4) is 0 Å². The van der Waals surface area contributed by atoms with Crippen LogP contribution in [0.15, 0.2) is 42.7 Å². The van der Waals surface area contributed by atoms with Crippen molar-refractivity contribution in [3.8, 4) is 0 Å². The molecule has 1 N–H and O–H groups in total. The van der Waals surface area contributed by atoms with Gasteiger partial charge in [-0.2, -0.15) is 5.10 Å². The van der Waals surface area contributed by atoms with E-state index in [4.69, 9.17) is 13.9 Å². The lowest BCUT2D eigenvalue weighted by Gasteiger charge is -2.38. The van der Waals surface area contributed by atoms with Crippen molar-refractivity contribution in [3.63, 3.8) is 0 Å². The molecule has 2 atom stereocenters. The minimum absolute atomic E-state index is 0.173. The van der Waals surface area contributed by atoms with E-state index in [2.05, 4.69) is 44.3 Å². The zero-order valence-corrected chi connectivity index (χ0v) is 21.0. The largest absolute Gasteiger partial charge is 0.415 e. The Morgan fingerprint density at radius 1 is 1.28 bits per heavy atom. The van der Waals surface area contributed by atoms with E-state index in [1.807, 2.05) is 41.2 Å². The summed E-state index contributed by atoms with van der Waals surface area (Å²) < 4.78 is 19.3. The molecule has 2 amide bonds. The van der Waals surface area contributed by atoms with Crippen LogP contribution in [0.2, 0.25) is 18.1 Å². The summed E-state index contributed by atoms with van der Waals surface area (Å²) in [6, 6.07) is 8.97. The van der Waals surface area contributed by atoms with Gasteiger partial charge in [0.1, 0.15) is 0 Å². The highest BCUT2D eigenvalue weighted by Crippen LogP contribution is 2.36. The molecule has 0 saturated carbocycles. The first-order chi connectivity index (χ1) is 15.1. The maximum Gasteiger partial charge on any atom is 0.322 e. The number of nitrogens with zero attached hydrogens (tertiary/aromatic N) is 3. The number of benzene rings is 1. The average molecular weight is 461 g/mol. The van der Waals surface area contributed by atoms with Gasteiger partial charge < -0.3 is 24.1 Å². The van der Waals surface area contributed by atoms with Gasteiger partial charge in [0.05, 0.1) is 38.5 Å². The molecule has 1 aliphatic rings. The number of anilines is 1. The molecule has 2 unspecified atom stereocenters. The number of ether oxygens (including phenoxy) is 2. The lowest BCUT2D eigenvalue weighted by Crippen LogP contribution is -2.49. The predicted octanol–water partition coefficient (Wildman–Crippen LogP) is 4.48. The van der Waals surface area contributed by atoms with Crippen LogP contribution in [-0.4, -0.2) is 62.2 Å². The second-order valence-corrected chi connectivity index (χ2v) is 14.4. The number of methoxy groups -OCH3 is 1. The predicted molar refractivity (Wildman–Crippen MR) is 127 cm³/mol. The van der Waals surface area contributed by atoms with E-state index in [1.54, 1.807) is 18.2 Å². The first-order valence-corrected chi connectivity index (χ1v) is 13.9. The van der Waals surface area contributed by atoms with Crippen molar-refractivity contribution < 1.29 is 18.7 Å². The number of hydrogen-bond acceptors (Lipinski definition) is 5. The number of rotatable bonds is 7. The summed E-state index contributed by atoms with van der Waals surface area (Å²) in [4.78, 5) is 14.8. The summed E-state index contributed by atoms with van der Waals surface area (Å²) in [6.45, 7) is 13.1. The molecule has 1 aromatic carbocycles. The Balaban J connectivity index is 1.67. The molecule has 0 aliphatic carbocycles. The summed E-state index contributed by atoms with van der Waals surface area (Å²) in [5.74, 6) is 0. The molecule has 2 heterocycles. The number of para-hydroxylation sites is 1. The molecule has 1 aliphatic heterocycles. The topological polar surface area (TPSA) is 77.9 Å². The van der Waals surface area contributed by atoms with E-state index in [0.717, 1.165) is 11.3 Å². The van der Waals surface area contributed by atoms with Gasteiger partial charge in [-0.15, -0.1) is 0 Å². The van der Waals surface area contributed by atoms with Crippen molar-refractivity contribution in [2.24, 2.45) is 0 Å². The van der Waals surface area contributed by atoms with Crippen molar-refractivity contribution in [2.45, 2.75) is 57.8 Å². The summed E-state index contributed by atoms with van der Waals surface area (Å²) in [5, 5.41) is 7.63. The second-order valence-electron chi connectivity index (χ2n) is 9.61. The van der Waals surface area contributed by atoms with Crippen molar-refractivity contribution in [1.29, 1.82) is 0 Å². The summed E-state index contributed by atoms with van der Waals surface area (Å²) in [6.07, 6.45) is 3.32. The number of amides is 2. The standard InChI is InChI=1S/C23H36N4O4Si/c1-23(2,3)32(5,6)31-13-12-26-15-18(14-24-26)20-17-30-21(29-4)16-27(20)22(28)25-19-10-8-7-9-11-19/h7-11,14-15,20-21H,12-13,16-17H2,1-6H3,(H,25,28). The van der Waals surface area contributed by atoms with Crippen LogP contribution in [0.1, 0.15) is 32.4 Å². The zero-order valence-electron chi connectivity index (χ0n) is 20.0. The first-order valence-electron chi connectivity index (χ1n) is 11.0. The minimum atomic E-state index is -1.80. The molecule has 2 aromatic rings. The molecular formula is C23H36N4O4Si. The third kappa shape index (κ3) is 5.98. The Bertz CT molecular complexity index is 882. The van der Waals surface area contributed by atoms with E-state index >= 15 is 0 Å². The molecule has 9 heteroatoms. The third-order valence-electron chi connectivity index (χ3n) is 6.34. The molecule has 32 heavy (non-hydrogen) atoms. The molecule has 0 spiro atoms. The lowest BCUT2D eigenvalue weighted by atomic mass is 10.1. The van der Waals surface area contributed by atoms with Crippen LogP contribution >= 0.6 is 0 Å². The summed E-state index contributed by atoms with van der Waals surface area (Å²) in [7, 11) is -0.213. The number of hydrogen-bond donors (Lipinski definition) is 1. The molecule has 1 saturated heterocycles. The van der Waals surface area contributed by atoms with Gasteiger partial charge in [0.25, 0.3) is 0 Å². The Labute approximate surface area is 192 Å². The number of carbonyl (C=O) groups excluding carboxylic acids is 1. The lowest BCUT2D eigenvalue weighted by molar-refractivity contribution is -0.172. The summed E-state index contributed by atoms with van der Waals surface area (Å²) in [5.41, 5.74) is 1.67. The van der Waals surface area contributed by atoms with Crippen molar-refractivity contribution in [1.82, 2.24) is 14.7 Å². The maximum atomic E-state index is 13.1. The average Bonchev–Trinajstić information content (AvgIpc) is 3.21.